The molecule has 0 aliphatic carbocycles. The first kappa shape index (κ1) is 20.3. The van der Waals surface area contributed by atoms with E-state index in [1.165, 1.54) is 49.8 Å². The molecule has 0 aliphatic heterocycles. The molecular formula is C28H31N2+. The molecular weight excluding hydrogens is 364 g/mol. The smallest absolute Gasteiger partial charge is 0.220 e. The summed E-state index contributed by atoms with van der Waals surface area (Å²) >= 11 is 0. The second kappa shape index (κ2) is 8.02. The highest BCUT2D eigenvalue weighted by Gasteiger charge is 2.19. The average molecular weight is 396 g/mol. The van der Waals surface area contributed by atoms with Crippen molar-refractivity contribution in [3.05, 3.63) is 83.3 Å². The van der Waals surface area contributed by atoms with Gasteiger partial charge in [0.05, 0.1) is 10.9 Å². The molecule has 2 nitrogen and oxygen atoms in total. The summed E-state index contributed by atoms with van der Waals surface area (Å²) in [7, 11) is 2.14. The first-order chi connectivity index (χ1) is 14.3. The van der Waals surface area contributed by atoms with Gasteiger partial charge in [-0.25, -0.2) is 4.57 Å². The highest BCUT2D eigenvalue weighted by atomic mass is 14.9. The van der Waals surface area contributed by atoms with Gasteiger partial charge in [-0.15, -0.1) is 0 Å². The van der Waals surface area contributed by atoms with Gasteiger partial charge >= 0.3 is 0 Å². The van der Waals surface area contributed by atoms with Crippen LogP contribution in [0.25, 0.3) is 33.2 Å². The lowest BCUT2D eigenvalue weighted by Gasteiger charge is -2.12. The van der Waals surface area contributed by atoms with E-state index in [4.69, 9.17) is 4.98 Å². The molecule has 0 bridgehead atoms. The van der Waals surface area contributed by atoms with E-state index in [1.54, 1.807) is 0 Å². The van der Waals surface area contributed by atoms with Gasteiger partial charge < -0.3 is 0 Å². The summed E-state index contributed by atoms with van der Waals surface area (Å²) in [5.74, 6) is 0.618. The molecule has 0 spiro atoms. The third-order valence-electron chi connectivity index (χ3n) is 5.98. The number of benzene rings is 2. The molecule has 0 amide bonds. The normalized spacial score (nSPS) is 11.4. The van der Waals surface area contributed by atoms with E-state index in [0.29, 0.717) is 5.92 Å². The standard InChI is InChI=1S/C28H31N2/c1-18(2)13-25-10-9-24(17-29-25)23-8-7-22-11-12-30(6)28(27(22)16-23)26-15-19(3)14-20(4)21(26)5/h7-12,14-18H,13H2,1-6H3/q+1. The maximum Gasteiger partial charge on any atom is 0.220 e. The van der Waals surface area contributed by atoms with Gasteiger partial charge in [0.15, 0.2) is 6.20 Å². The van der Waals surface area contributed by atoms with Crippen molar-refractivity contribution in [2.75, 3.05) is 0 Å². The predicted molar refractivity (Wildman–Crippen MR) is 127 cm³/mol. The number of hydrogen-bond donors (Lipinski definition) is 0. The number of pyridine rings is 2. The fraction of sp³-hybridized carbons (Fsp3) is 0.286. The number of rotatable bonds is 4. The van der Waals surface area contributed by atoms with Crippen molar-refractivity contribution < 1.29 is 4.57 Å². The Morgan fingerprint density at radius 3 is 2.37 bits per heavy atom. The first-order valence-corrected chi connectivity index (χ1v) is 10.8. The Bertz CT molecular complexity index is 1220. The summed E-state index contributed by atoms with van der Waals surface area (Å²) in [5.41, 5.74) is 10.1. The maximum atomic E-state index is 4.71. The Morgan fingerprint density at radius 1 is 0.900 bits per heavy atom. The van der Waals surface area contributed by atoms with E-state index >= 15 is 0 Å². The molecule has 0 unspecified atom stereocenters. The van der Waals surface area contributed by atoms with E-state index in [2.05, 4.69) is 101 Å². The largest absolute Gasteiger partial charge is 0.261 e. The molecule has 0 aliphatic rings. The van der Waals surface area contributed by atoms with Crippen molar-refractivity contribution in [3.63, 3.8) is 0 Å². The van der Waals surface area contributed by atoms with Gasteiger partial charge in [0, 0.05) is 23.5 Å². The minimum Gasteiger partial charge on any atom is -0.261 e. The van der Waals surface area contributed by atoms with E-state index in [1.807, 2.05) is 6.20 Å². The van der Waals surface area contributed by atoms with Crippen LogP contribution < -0.4 is 4.57 Å². The fourth-order valence-electron chi connectivity index (χ4n) is 4.30. The van der Waals surface area contributed by atoms with Crippen molar-refractivity contribution in [3.8, 4) is 22.4 Å². The zero-order valence-corrected chi connectivity index (χ0v) is 19.0. The summed E-state index contributed by atoms with van der Waals surface area (Å²) in [6, 6.07) is 17.9. The molecule has 4 rings (SSSR count). The molecule has 2 heteroatoms. The summed E-state index contributed by atoms with van der Waals surface area (Å²) in [5, 5.41) is 2.53. The third kappa shape index (κ3) is 3.87. The second-order valence-corrected chi connectivity index (χ2v) is 8.97. The van der Waals surface area contributed by atoms with Crippen LogP contribution in [0.4, 0.5) is 0 Å². The maximum absolute atomic E-state index is 4.71. The Morgan fingerprint density at radius 2 is 1.67 bits per heavy atom. The minimum atomic E-state index is 0.618. The van der Waals surface area contributed by atoms with Crippen molar-refractivity contribution in [1.29, 1.82) is 0 Å². The molecule has 2 heterocycles. The number of hydrogen-bond acceptors (Lipinski definition) is 1. The van der Waals surface area contributed by atoms with Crippen LogP contribution in [0.1, 0.15) is 36.2 Å². The molecule has 0 saturated heterocycles. The lowest BCUT2D eigenvalue weighted by molar-refractivity contribution is -0.659. The van der Waals surface area contributed by atoms with Crippen molar-refractivity contribution >= 4 is 10.8 Å². The van der Waals surface area contributed by atoms with Crippen molar-refractivity contribution in [2.45, 2.75) is 41.0 Å². The zero-order chi connectivity index (χ0) is 21.4. The molecule has 0 atom stereocenters. The van der Waals surface area contributed by atoms with Gasteiger partial charge in [-0.05, 0) is 73.4 Å². The number of nitrogens with zero attached hydrogens (tertiary/aromatic N) is 2. The van der Waals surface area contributed by atoms with E-state index in [-0.39, 0.29) is 0 Å². The summed E-state index contributed by atoms with van der Waals surface area (Å²) in [4.78, 5) is 4.71. The van der Waals surface area contributed by atoms with Crippen LogP contribution in [0.3, 0.4) is 0 Å². The second-order valence-electron chi connectivity index (χ2n) is 8.97. The fourth-order valence-corrected chi connectivity index (χ4v) is 4.30. The third-order valence-corrected chi connectivity index (χ3v) is 5.98. The number of fused-ring (bicyclic) bond motifs is 1. The van der Waals surface area contributed by atoms with E-state index in [9.17, 15) is 0 Å². The molecule has 0 saturated carbocycles. The lowest BCUT2D eigenvalue weighted by atomic mass is 9.93. The van der Waals surface area contributed by atoms with Gasteiger partial charge in [0.25, 0.3) is 0 Å². The summed E-state index contributed by atoms with van der Waals surface area (Å²) in [6.07, 6.45) is 5.20. The molecule has 2 aromatic carbocycles. The Kier molecular flexibility index (Phi) is 5.42. The van der Waals surface area contributed by atoms with E-state index < -0.39 is 0 Å². The van der Waals surface area contributed by atoms with Crippen LogP contribution in [-0.2, 0) is 13.5 Å². The van der Waals surface area contributed by atoms with Crippen LogP contribution in [0.5, 0.6) is 0 Å². The van der Waals surface area contributed by atoms with Crippen molar-refractivity contribution in [1.82, 2.24) is 4.98 Å². The topological polar surface area (TPSA) is 16.8 Å². The minimum absolute atomic E-state index is 0.618. The monoisotopic (exact) mass is 395 g/mol. The quantitative estimate of drug-likeness (QED) is 0.360. The van der Waals surface area contributed by atoms with Gasteiger partial charge in [-0.3, -0.25) is 4.98 Å². The lowest BCUT2D eigenvalue weighted by Crippen LogP contribution is -2.30. The Balaban J connectivity index is 1.88. The van der Waals surface area contributed by atoms with Crippen LogP contribution in [0.2, 0.25) is 0 Å². The van der Waals surface area contributed by atoms with Crippen LogP contribution in [0.15, 0.2) is 60.9 Å². The van der Waals surface area contributed by atoms with Gasteiger partial charge in [0.1, 0.15) is 7.05 Å². The SMILES string of the molecule is Cc1cc(C)c(C)c(-c2c3cc(-c4ccc(CC(C)C)nc4)ccc3cc[n+]2C)c1. The van der Waals surface area contributed by atoms with Gasteiger partial charge in [0.2, 0.25) is 5.69 Å². The molecule has 4 aromatic rings. The highest BCUT2D eigenvalue weighted by molar-refractivity contribution is 5.96. The van der Waals surface area contributed by atoms with Crippen LogP contribution in [-0.4, -0.2) is 4.98 Å². The van der Waals surface area contributed by atoms with Gasteiger partial charge in [-0.1, -0.05) is 43.7 Å². The Labute approximate surface area is 180 Å². The summed E-state index contributed by atoms with van der Waals surface area (Å²) in [6.45, 7) is 11.1. The molecule has 0 N–H and O–H groups in total. The molecule has 0 radical (unpaired) electrons. The number of aromatic nitrogens is 2. The van der Waals surface area contributed by atoms with Crippen LogP contribution in [0, 0.1) is 26.7 Å². The van der Waals surface area contributed by atoms with Crippen molar-refractivity contribution in [2.24, 2.45) is 13.0 Å². The van der Waals surface area contributed by atoms with Gasteiger partial charge in [-0.2, -0.15) is 0 Å². The van der Waals surface area contributed by atoms with Crippen LogP contribution >= 0.6 is 0 Å². The molecule has 152 valence electrons. The predicted octanol–water partition coefficient (Wildman–Crippen LogP) is 6.52. The first-order valence-electron chi connectivity index (χ1n) is 10.8. The zero-order valence-electron chi connectivity index (χ0n) is 19.0. The number of aryl methyl sites for hydroxylation is 3. The van der Waals surface area contributed by atoms with E-state index in [0.717, 1.165) is 12.1 Å². The Hall–Kier alpha value is -3.00. The highest BCUT2D eigenvalue weighted by Crippen LogP contribution is 2.33. The molecule has 30 heavy (non-hydrogen) atoms. The average Bonchev–Trinajstić information content (AvgIpc) is 2.71. The molecule has 0 fully saturated rings. The summed E-state index contributed by atoms with van der Waals surface area (Å²) < 4.78 is 2.25. The molecule has 2 aromatic heterocycles.